The lowest BCUT2D eigenvalue weighted by molar-refractivity contribution is 0.631. The molecule has 18 heavy (non-hydrogen) atoms. The summed E-state index contributed by atoms with van der Waals surface area (Å²) in [7, 11) is 0. The number of nitrogens with zero attached hydrogens (tertiary/aromatic N) is 2. The predicted octanol–water partition coefficient (Wildman–Crippen LogP) is 3.89. The lowest BCUT2D eigenvalue weighted by Gasteiger charge is -2.08. The molecule has 1 aromatic carbocycles. The number of hydrogen-bond acceptors (Lipinski definition) is 3. The van der Waals surface area contributed by atoms with Gasteiger partial charge in [0.15, 0.2) is 0 Å². The van der Waals surface area contributed by atoms with E-state index in [-0.39, 0.29) is 5.82 Å². The van der Waals surface area contributed by atoms with E-state index in [9.17, 15) is 4.39 Å². The molecule has 1 aliphatic carbocycles. The number of para-hydroxylation sites is 1. The molecule has 0 bridgehead atoms. The fourth-order valence-corrected chi connectivity index (χ4v) is 1.91. The van der Waals surface area contributed by atoms with Crippen LogP contribution in [0, 0.1) is 5.82 Å². The van der Waals surface area contributed by atoms with Crippen LogP contribution in [0.3, 0.4) is 0 Å². The summed E-state index contributed by atoms with van der Waals surface area (Å²) in [6.45, 7) is 0. The van der Waals surface area contributed by atoms with Gasteiger partial charge in [0.05, 0.1) is 5.69 Å². The summed E-state index contributed by atoms with van der Waals surface area (Å²) in [5, 5.41) is 3.31. The maximum atomic E-state index is 13.5. The molecule has 1 aliphatic rings. The molecule has 1 aromatic heterocycles. The molecule has 0 radical (unpaired) electrons. The number of benzene rings is 1. The van der Waals surface area contributed by atoms with Crippen LogP contribution < -0.4 is 5.32 Å². The molecule has 3 nitrogen and oxygen atoms in total. The van der Waals surface area contributed by atoms with E-state index in [2.05, 4.69) is 15.3 Å². The second-order valence-corrected chi connectivity index (χ2v) is 4.70. The van der Waals surface area contributed by atoms with Crippen LogP contribution in [0.15, 0.2) is 30.3 Å². The van der Waals surface area contributed by atoms with Crippen LogP contribution in [0.1, 0.15) is 24.6 Å². The quantitative estimate of drug-likeness (QED) is 0.854. The fraction of sp³-hybridized carbons (Fsp3) is 0.231. The summed E-state index contributed by atoms with van der Waals surface area (Å²) in [5.41, 5.74) is 0.383. The van der Waals surface area contributed by atoms with Crippen LogP contribution in [-0.4, -0.2) is 9.97 Å². The zero-order valence-corrected chi connectivity index (χ0v) is 10.3. The maximum absolute atomic E-state index is 13.5. The zero-order valence-electron chi connectivity index (χ0n) is 9.53. The molecule has 92 valence electrons. The van der Waals surface area contributed by atoms with Crippen LogP contribution in [0.4, 0.5) is 15.9 Å². The van der Waals surface area contributed by atoms with Gasteiger partial charge in [-0.15, -0.1) is 0 Å². The van der Waals surface area contributed by atoms with Gasteiger partial charge in [0.1, 0.15) is 22.6 Å². The molecule has 1 heterocycles. The Labute approximate surface area is 109 Å². The van der Waals surface area contributed by atoms with Crippen molar-refractivity contribution in [1.29, 1.82) is 0 Å². The predicted molar refractivity (Wildman–Crippen MR) is 68.7 cm³/mol. The summed E-state index contributed by atoms with van der Waals surface area (Å²) < 4.78 is 13.5. The molecule has 1 N–H and O–H groups in total. The van der Waals surface area contributed by atoms with Crippen LogP contribution >= 0.6 is 11.6 Å². The lowest BCUT2D eigenvalue weighted by atomic mass is 10.3. The molecule has 0 atom stereocenters. The Balaban J connectivity index is 1.90. The SMILES string of the molecule is Fc1ccccc1Nc1cc(Cl)nc(C2CC2)n1. The Bertz CT molecular complexity index is 584. The van der Waals surface area contributed by atoms with E-state index in [1.54, 1.807) is 24.3 Å². The van der Waals surface area contributed by atoms with Crippen molar-refractivity contribution in [2.45, 2.75) is 18.8 Å². The highest BCUT2D eigenvalue weighted by molar-refractivity contribution is 6.29. The Hall–Kier alpha value is -1.68. The first kappa shape index (κ1) is 11.4. The molecule has 0 spiro atoms. The van der Waals surface area contributed by atoms with Crippen molar-refractivity contribution in [1.82, 2.24) is 9.97 Å². The largest absolute Gasteiger partial charge is 0.338 e. The van der Waals surface area contributed by atoms with Crippen molar-refractivity contribution in [2.75, 3.05) is 5.32 Å². The molecular weight excluding hydrogens is 253 g/mol. The molecular formula is C13H11ClFN3. The van der Waals surface area contributed by atoms with E-state index in [1.165, 1.54) is 6.07 Å². The van der Waals surface area contributed by atoms with Gasteiger partial charge in [0, 0.05) is 12.0 Å². The summed E-state index contributed by atoms with van der Waals surface area (Å²) in [6.07, 6.45) is 2.19. The van der Waals surface area contributed by atoms with Crippen molar-refractivity contribution >= 4 is 23.1 Å². The molecule has 0 amide bonds. The third-order valence-corrected chi connectivity index (χ3v) is 2.98. The standard InChI is InChI=1S/C13H11ClFN3/c14-11-7-12(18-13(17-11)8-5-6-8)16-10-4-2-1-3-9(10)15/h1-4,7-8H,5-6H2,(H,16,17,18). The number of aromatic nitrogens is 2. The average molecular weight is 264 g/mol. The van der Waals surface area contributed by atoms with Gasteiger partial charge in [0.25, 0.3) is 0 Å². The number of halogens is 2. The smallest absolute Gasteiger partial charge is 0.146 e. The van der Waals surface area contributed by atoms with E-state index in [0.29, 0.717) is 22.6 Å². The van der Waals surface area contributed by atoms with Gasteiger partial charge in [-0.3, -0.25) is 0 Å². The average Bonchev–Trinajstić information content (AvgIpc) is 3.15. The third kappa shape index (κ3) is 2.43. The van der Waals surface area contributed by atoms with Crippen molar-refractivity contribution in [3.63, 3.8) is 0 Å². The maximum Gasteiger partial charge on any atom is 0.146 e. The first-order valence-corrected chi connectivity index (χ1v) is 6.16. The number of anilines is 2. The highest BCUT2D eigenvalue weighted by atomic mass is 35.5. The van der Waals surface area contributed by atoms with Crippen LogP contribution in [0.2, 0.25) is 5.15 Å². The van der Waals surface area contributed by atoms with Crippen molar-refractivity contribution in [3.05, 3.63) is 47.1 Å². The summed E-state index contributed by atoms with van der Waals surface area (Å²) >= 11 is 5.94. The van der Waals surface area contributed by atoms with E-state index in [1.807, 2.05) is 0 Å². The number of nitrogens with one attached hydrogen (secondary N) is 1. The monoisotopic (exact) mass is 263 g/mol. The Morgan fingerprint density at radius 1 is 1.22 bits per heavy atom. The van der Waals surface area contributed by atoms with Gasteiger partial charge in [-0.1, -0.05) is 23.7 Å². The van der Waals surface area contributed by atoms with E-state index >= 15 is 0 Å². The molecule has 0 saturated heterocycles. The minimum atomic E-state index is -0.319. The van der Waals surface area contributed by atoms with Gasteiger partial charge in [-0.2, -0.15) is 0 Å². The van der Waals surface area contributed by atoms with Gasteiger partial charge in [0.2, 0.25) is 0 Å². The summed E-state index contributed by atoms with van der Waals surface area (Å²) in [4.78, 5) is 8.54. The van der Waals surface area contributed by atoms with Gasteiger partial charge < -0.3 is 5.32 Å². The molecule has 0 aliphatic heterocycles. The highest BCUT2D eigenvalue weighted by Gasteiger charge is 2.27. The lowest BCUT2D eigenvalue weighted by Crippen LogP contribution is -2.00. The fourth-order valence-electron chi connectivity index (χ4n) is 1.72. The van der Waals surface area contributed by atoms with Crippen molar-refractivity contribution < 1.29 is 4.39 Å². The molecule has 2 aromatic rings. The first-order valence-electron chi connectivity index (χ1n) is 5.78. The third-order valence-electron chi connectivity index (χ3n) is 2.79. The van der Waals surface area contributed by atoms with Gasteiger partial charge >= 0.3 is 0 Å². The summed E-state index contributed by atoms with van der Waals surface area (Å²) in [6, 6.07) is 8.05. The number of rotatable bonds is 3. The molecule has 3 rings (SSSR count). The zero-order chi connectivity index (χ0) is 12.5. The topological polar surface area (TPSA) is 37.8 Å². The normalized spacial score (nSPS) is 14.6. The Kier molecular flexibility index (Phi) is 2.88. The first-order chi connectivity index (χ1) is 8.72. The van der Waals surface area contributed by atoms with Crippen molar-refractivity contribution in [2.24, 2.45) is 0 Å². The molecule has 1 fully saturated rings. The molecule has 5 heteroatoms. The highest BCUT2D eigenvalue weighted by Crippen LogP contribution is 2.39. The van der Waals surface area contributed by atoms with Crippen LogP contribution in [0.5, 0.6) is 0 Å². The van der Waals surface area contributed by atoms with Crippen LogP contribution in [-0.2, 0) is 0 Å². The van der Waals surface area contributed by atoms with Crippen LogP contribution in [0.25, 0.3) is 0 Å². The molecule has 0 unspecified atom stereocenters. The molecule has 1 saturated carbocycles. The second kappa shape index (κ2) is 4.53. The van der Waals surface area contributed by atoms with E-state index in [0.717, 1.165) is 18.7 Å². The van der Waals surface area contributed by atoms with Gasteiger partial charge in [-0.05, 0) is 25.0 Å². The summed E-state index contributed by atoms with van der Waals surface area (Å²) in [5.74, 6) is 1.36. The van der Waals surface area contributed by atoms with E-state index < -0.39 is 0 Å². The van der Waals surface area contributed by atoms with E-state index in [4.69, 9.17) is 11.6 Å². The second-order valence-electron chi connectivity index (χ2n) is 4.31. The Morgan fingerprint density at radius 2 is 2.00 bits per heavy atom. The van der Waals surface area contributed by atoms with Gasteiger partial charge in [-0.25, -0.2) is 14.4 Å². The minimum Gasteiger partial charge on any atom is -0.338 e. The van der Waals surface area contributed by atoms with Crippen molar-refractivity contribution in [3.8, 4) is 0 Å². The Morgan fingerprint density at radius 3 is 2.72 bits per heavy atom. The number of hydrogen-bond donors (Lipinski definition) is 1. The minimum absolute atomic E-state index is 0.319.